The van der Waals surface area contributed by atoms with E-state index in [9.17, 15) is 0 Å². The van der Waals surface area contributed by atoms with E-state index in [-0.39, 0.29) is 0 Å². The van der Waals surface area contributed by atoms with Crippen LogP contribution in [-0.2, 0) is 10.3 Å². The van der Waals surface area contributed by atoms with Gasteiger partial charge in [0.25, 0.3) is 0 Å². The lowest BCUT2D eigenvalue weighted by molar-refractivity contribution is -0.0290. The number of nitrogen functional groups attached to an aromatic ring is 1. The maximum atomic E-state index is 5.73. The lowest BCUT2D eigenvalue weighted by Gasteiger charge is -2.28. The molecule has 0 radical (unpaired) electrons. The van der Waals surface area contributed by atoms with Gasteiger partial charge in [0.2, 0.25) is 0 Å². The van der Waals surface area contributed by atoms with E-state index >= 15 is 0 Å². The van der Waals surface area contributed by atoms with Gasteiger partial charge in [-0.05, 0) is 28.8 Å². The quantitative estimate of drug-likeness (QED) is 0.916. The first kappa shape index (κ1) is 12.4. The number of methoxy groups -OCH3 is 1. The highest BCUT2D eigenvalue weighted by molar-refractivity contribution is 9.10. The van der Waals surface area contributed by atoms with E-state index in [2.05, 4.69) is 39.7 Å². The van der Waals surface area contributed by atoms with Crippen molar-refractivity contribution < 1.29 is 4.74 Å². The Morgan fingerprint density at radius 1 is 1.47 bits per heavy atom. The van der Waals surface area contributed by atoms with Crippen LogP contribution in [0, 0.1) is 0 Å². The third kappa shape index (κ3) is 2.29. The molecule has 15 heavy (non-hydrogen) atoms. The molecule has 84 valence electrons. The molecule has 0 saturated heterocycles. The monoisotopic (exact) mass is 273 g/mol. The van der Waals surface area contributed by atoms with Gasteiger partial charge < -0.3 is 10.5 Å². The summed E-state index contributed by atoms with van der Waals surface area (Å²) < 4.78 is 6.23. The fourth-order valence-corrected chi connectivity index (χ4v) is 1.74. The number of rotatable bonds is 4. The van der Waals surface area contributed by atoms with Crippen molar-refractivity contribution in [2.75, 3.05) is 12.8 Å². The van der Waals surface area contributed by atoms with Crippen LogP contribution in [0.4, 0.5) is 5.82 Å². The molecular formula is C10H16BrN3O. The molecule has 2 N–H and O–H groups in total. The average molecular weight is 274 g/mol. The van der Waals surface area contributed by atoms with Gasteiger partial charge in [0.05, 0.1) is 4.47 Å². The maximum absolute atomic E-state index is 5.73. The molecule has 1 heterocycles. The first-order chi connectivity index (χ1) is 7.09. The molecule has 0 spiro atoms. The molecule has 4 nitrogen and oxygen atoms in total. The Hall–Kier alpha value is -0.680. The van der Waals surface area contributed by atoms with Crippen molar-refractivity contribution in [2.24, 2.45) is 0 Å². The summed E-state index contributed by atoms with van der Waals surface area (Å²) in [6.45, 7) is 4.10. The molecule has 0 saturated carbocycles. The Balaban J connectivity index is 3.17. The summed E-state index contributed by atoms with van der Waals surface area (Å²) in [5.41, 5.74) is 5.31. The van der Waals surface area contributed by atoms with Crippen LogP contribution in [0.1, 0.15) is 32.5 Å². The Morgan fingerprint density at radius 3 is 2.47 bits per heavy atom. The second-order valence-electron chi connectivity index (χ2n) is 3.33. The van der Waals surface area contributed by atoms with Crippen LogP contribution < -0.4 is 5.73 Å². The first-order valence-electron chi connectivity index (χ1n) is 4.93. The average Bonchev–Trinajstić information content (AvgIpc) is 2.26. The highest BCUT2D eigenvalue weighted by Crippen LogP contribution is 2.31. The predicted octanol–water partition coefficient (Wildman–Crippen LogP) is 2.48. The van der Waals surface area contributed by atoms with Crippen LogP contribution in [0.3, 0.4) is 0 Å². The predicted molar refractivity (Wildman–Crippen MR) is 63.4 cm³/mol. The number of ether oxygens (including phenoxy) is 1. The zero-order valence-electron chi connectivity index (χ0n) is 9.25. The normalized spacial score (nSPS) is 11.7. The first-order valence-corrected chi connectivity index (χ1v) is 5.72. The van der Waals surface area contributed by atoms with Crippen LogP contribution in [-0.4, -0.2) is 17.1 Å². The van der Waals surface area contributed by atoms with Crippen molar-refractivity contribution in [3.63, 3.8) is 0 Å². The van der Waals surface area contributed by atoms with Crippen molar-refractivity contribution in [3.8, 4) is 0 Å². The zero-order valence-corrected chi connectivity index (χ0v) is 10.8. The molecule has 5 heteroatoms. The summed E-state index contributed by atoms with van der Waals surface area (Å²) in [5.74, 6) is 1.10. The fourth-order valence-electron chi connectivity index (χ4n) is 1.55. The van der Waals surface area contributed by atoms with Gasteiger partial charge in [-0.25, -0.2) is 9.97 Å². The molecule has 0 aliphatic carbocycles. The third-order valence-electron chi connectivity index (χ3n) is 2.71. The van der Waals surface area contributed by atoms with E-state index in [1.165, 1.54) is 0 Å². The summed E-state index contributed by atoms with van der Waals surface area (Å²) in [6.07, 6.45) is 3.30. The molecule has 0 aliphatic rings. The molecule has 0 amide bonds. The van der Waals surface area contributed by atoms with Gasteiger partial charge in [0.1, 0.15) is 11.4 Å². The SMILES string of the molecule is CCC(CC)(OC)c1ncc(Br)c(N)n1. The molecule has 0 unspecified atom stereocenters. The van der Waals surface area contributed by atoms with Gasteiger partial charge in [0, 0.05) is 13.3 Å². The van der Waals surface area contributed by atoms with Crippen LogP contribution in [0.5, 0.6) is 0 Å². The topological polar surface area (TPSA) is 61.0 Å². The van der Waals surface area contributed by atoms with E-state index in [1.807, 2.05) is 0 Å². The zero-order chi connectivity index (χ0) is 11.5. The van der Waals surface area contributed by atoms with Gasteiger partial charge in [0.15, 0.2) is 5.82 Å². The Labute approximate surface area is 98.4 Å². The van der Waals surface area contributed by atoms with Crippen molar-refractivity contribution in [1.29, 1.82) is 0 Å². The number of nitrogens with two attached hydrogens (primary N) is 1. The van der Waals surface area contributed by atoms with Crippen molar-refractivity contribution in [3.05, 3.63) is 16.5 Å². The molecular weight excluding hydrogens is 258 g/mol. The summed E-state index contributed by atoms with van der Waals surface area (Å²) in [7, 11) is 1.68. The molecule has 1 rings (SSSR count). The maximum Gasteiger partial charge on any atom is 0.162 e. The Bertz CT molecular complexity index is 331. The Morgan fingerprint density at radius 2 is 2.07 bits per heavy atom. The second-order valence-corrected chi connectivity index (χ2v) is 4.19. The third-order valence-corrected chi connectivity index (χ3v) is 3.32. The minimum Gasteiger partial charge on any atom is -0.383 e. The van der Waals surface area contributed by atoms with Crippen LogP contribution in [0.2, 0.25) is 0 Å². The second kappa shape index (κ2) is 4.90. The van der Waals surface area contributed by atoms with Gasteiger partial charge in [-0.15, -0.1) is 0 Å². The molecule has 0 atom stereocenters. The van der Waals surface area contributed by atoms with Gasteiger partial charge in [-0.2, -0.15) is 0 Å². The highest BCUT2D eigenvalue weighted by atomic mass is 79.9. The van der Waals surface area contributed by atoms with E-state index in [0.717, 1.165) is 12.8 Å². The Kier molecular flexibility index (Phi) is 4.04. The summed E-state index contributed by atoms with van der Waals surface area (Å²) >= 11 is 3.27. The number of hydrogen-bond donors (Lipinski definition) is 1. The van der Waals surface area contributed by atoms with E-state index in [0.29, 0.717) is 16.1 Å². The lowest BCUT2D eigenvalue weighted by Crippen LogP contribution is -2.29. The minimum atomic E-state index is -0.422. The van der Waals surface area contributed by atoms with Gasteiger partial charge >= 0.3 is 0 Å². The summed E-state index contributed by atoms with van der Waals surface area (Å²) in [4.78, 5) is 8.51. The molecule has 0 aliphatic heterocycles. The number of aromatic nitrogens is 2. The van der Waals surface area contributed by atoms with Crippen molar-refractivity contribution in [2.45, 2.75) is 32.3 Å². The highest BCUT2D eigenvalue weighted by Gasteiger charge is 2.31. The minimum absolute atomic E-state index is 0.422. The summed E-state index contributed by atoms with van der Waals surface area (Å²) in [6, 6.07) is 0. The van der Waals surface area contributed by atoms with Crippen molar-refractivity contribution in [1.82, 2.24) is 9.97 Å². The standard InChI is InChI=1S/C10H16BrN3O/c1-4-10(5-2,15-3)9-13-6-7(11)8(12)14-9/h6H,4-5H2,1-3H3,(H2,12,13,14). The summed E-state index contributed by atoms with van der Waals surface area (Å²) in [5, 5.41) is 0. The molecule has 0 aromatic carbocycles. The number of halogens is 1. The lowest BCUT2D eigenvalue weighted by atomic mass is 9.96. The number of nitrogens with zero attached hydrogens (tertiary/aromatic N) is 2. The van der Waals surface area contributed by atoms with E-state index in [1.54, 1.807) is 13.3 Å². The molecule has 1 aromatic heterocycles. The van der Waals surface area contributed by atoms with E-state index in [4.69, 9.17) is 10.5 Å². The van der Waals surface area contributed by atoms with Gasteiger partial charge in [-0.3, -0.25) is 0 Å². The molecule has 0 bridgehead atoms. The fraction of sp³-hybridized carbons (Fsp3) is 0.600. The molecule has 1 aromatic rings. The largest absolute Gasteiger partial charge is 0.383 e. The molecule has 0 fully saturated rings. The number of anilines is 1. The van der Waals surface area contributed by atoms with E-state index < -0.39 is 5.60 Å². The van der Waals surface area contributed by atoms with Crippen LogP contribution in [0.25, 0.3) is 0 Å². The van der Waals surface area contributed by atoms with Crippen LogP contribution in [0.15, 0.2) is 10.7 Å². The van der Waals surface area contributed by atoms with Gasteiger partial charge in [-0.1, -0.05) is 13.8 Å². The smallest absolute Gasteiger partial charge is 0.162 e. The van der Waals surface area contributed by atoms with Crippen molar-refractivity contribution >= 4 is 21.7 Å². The number of hydrogen-bond acceptors (Lipinski definition) is 4. The van der Waals surface area contributed by atoms with Crippen LogP contribution >= 0.6 is 15.9 Å².